The fourth-order valence-electron chi connectivity index (χ4n) is 2.84. The lowest BCUT2D eigenvalue weighted by atomic mass is 9.87. The topological polar surface area (TPSA) is 66.9 Å². The third-order valence-electron chi connectivity index (χ3n) is 4.37. The highest BCUT2D eigenvalue weighted by Crippen LogP contribution is 2.23. The molecule has 5 heteroatoms. The van der Waals surface area contributed by atoms with Crippen molar-refractivity contribution in [1.29, 1.82) is 0 Å². The summed E-state index contributed by atoms with van der Waals surface area (Å²) in [6.45, 7) is 10.3. The Hall–Kier alpha value is -3.21. The molecule has 3 rings (SSSR count). The lowest BCUT2D eigenvalue weighted by molar-refractivity contribution is 0.102. The van der Waals surface area contributed by atoms with Crippen LogP contribution in [0, 0.1) is 13.8 Å². The van der Waals surface area contributed by atoms with Gasteiger partial charge in [0, 0.05) is 17.1 Å². The Morgan fingerprint density at radius 3 is 2.25 bits per heavy atom. The molecule has 1 aromatic heterocycles. The number of carbonyl (C=O) groups excluding carboxylic acids is 1. The molecule has 0 bridgehead atoms. The molecule has 0 fully saturated rings. The summed E-state index contributed by atoms with van der Waals surface area (Å²) in [5.41, 5.74) is 5.09. The van der Waals surface area contributed by atoms with Gasteiger partial charge in [0.1, 0.15) is 5.69 Å². The van der Waals surface area contributed by atoms with Gasteiger partial charge in [-0.05, 0) is 60.7 Å². The molecule has 0 saturated carbocycles. The zero-order valence-corrected chi connectivity index (χ0v) is 17.0. The Kier molecular flexibility index (Phi) is 5.45. The number of hydrogen-bond donors (Lipinski definition) is 2. The minimum atomic E-state index is -0.263. The maximum atomic E-state index is 12.7. The summed E-state index contributed by atoms with van der Waals surface area (Å²) in [6, 6.07) is 17.5. The van der Waals surface area contributed by atoms with Crippen LogP contribution >= 0.6 is 0 Å². The van der Waals surface area contributed by atoms with Crippen LogP contribution in [0.2, 0.25) is 0 Å². The van der Waals surface area contributed by atoms with E-state index in [1.165, 1.54) is 5.56 Å². The van der Waals surface area contributed by atoms with Gasteiger partial charge in [0.15, 0.2) is 0 Å². The van der Waals surface area contributed by atoms with Crippen molar-refractivity contribution in [3.8, 4) is 0 Å². The molecule has 3 aromatic rings. The molecule has 2 N–H and O–H groups in total. The van der Waals surface area contributed by atoms with Crippen LogP contribution in [0.1, 0.15) is 48.1 Å². The number of aromatic nitrogens is 2. The maximum Gasteiger partial charge on any atom is 0.274 e. The van der Waals surface area contributed by atoms with Gasteiger partial charge in [-0.25, -0.2) is 9.97 Å². The van der Waals surface area contributed by atoms with Gasteiger partial charge < -0.3 is 10.6 Å². The van der Waals surface area contributed by atoms with Crippen LogP contribution in [0.4, 0.5) is 17.3 Å². The van der Waals surface area contributed by atoms with Gasteiger partial charge in [0.25, 0.3) is 5.91 Å². The smallest absolute Gasteiger partial charge is 0.274 e. The third kappa shape index (κ3) is 4.94. The molecule has 144 valence electrons. The van der Waals surface area contributed by atoms with Crippen molar-refractivity contribution in [3.63, 3.8) is 0 Å². The predicted molar refractivity (Wildman–Crippen MR) is 114 cm³/mol. The Labute approximate surface area is 166 Å². The van der Waals surface area contributed by atoms with E-state index in [4.69, 9.17) is 0 Å². The molecule has 1 heterocycles. The molecule has 0 aliphatic heterocycles. The number of benzene rings is 2. The van der Waals surface area contributed by atoms with Crippen LogP contribution in [-0.4, -0.2) is 15.9 Å². The highest BCUT2D eigenvalue weighted by atomic mass is 16.1. The van der Waals surface area contributed by atoms with E-state index < -0.39 is 0 Å². The van der Waals surface area contributed by atoms with Gasteiger partial charge in [-0.3, -0.25) is 4.79 Å². The first-order valence-electron chi connectivity index (χ1n) is 9.32. The second kappa shape index (κ2) is 7.80. The Morgan fingerprint density at radius 1 is 0.893 bits per heavy atom. The van der Waals surface area contributed by atoms with E-state index in [2.05, 4.69) is 41.4 Å². The normalized spacial score (nSPS) is 11.2. The minimum Gasteiger partial charge on any atom is -0.324 e. The average Bonchev–Trinajstić information content (AvgIpc) is 2.61. The van der Waals surface area contributed by atoms with Gasteiger partial charge in [0.2, 0.25) is 5.95 Å². The molecule has 1 amide bonds. The van der Waals surface area contributed by atoms with E-state index >= 15 is 0 Å². The number of carbonyl (C=O) groups is 1. The predicted octanol–water partition coefficient (Wildman–Crippen LogP) is 5.39. The second-order valence-corrected chi connectivity index (χ2v) is 7.99. The lowest BCUT2D eigenvalue weighted by Crippen LogP contribution is -2.16. The Morgan fingerprint density at radius 2 is 1.61 bits per heavy atom. The quantitative estimate of drug-likeness (QED) is 0.643. The molecule has 2 aromatic carbocycles. The van der Waals surface area contributed by atoms with Crippen molar-refractivity contribution in [2.45, 2.75) is 40.0 Å². The van der Waals surface area contributed by atoms with Crippen molar-refractivity contribution in [2.24, 2.45) is 0 Å². The highest BCUT2D eigenvalue weighted by Gasteiger charge is 2.14. The van der Waals surface area contributed by atoms with Crippen LogP contribution in [-0.2, 0) is 5.41 Å². The van der Waals surface area contributed by atoms with Crippen LogP contribution < -0.4 is 10.6 Å². The van der Waals surface area contributed by atoms with E-state index in [0.717, 1.165) is 22.6 Å². The van der Waals surface area contributed by atoms with E-state index in [1.54, 1.807) is 6.07 Å². The fourth-order valence-corrected chi connectivity index (χ4v) is 2.84. The summed E-state index contributed by atoms with van der Waals surface area (Å²) in [4.78, 5) is 21.4. The molecule has 0 atom stereocenters. The van der Waals surface area contributed by atoms with Gasteiger partial charge >= 0.3 is 0 Å². The Bertz CT molecular complexity index is 988. The molecule has 0 radical (unpaired) electrons. The highest BCUT2D eigenvalue weighted by molar-refractivity contribution is 6.03. The van der Waals surface area contributed by atoms with Crippen LogP contribution in [0.25, 0.3) is 0 Å². The van der Waals surface area contributed by atoms with Gasteiger partial charge in [-0.1, -0.05) is 45.0 Å². The number of nitrogens with zero attached hydrogens (tertiary/aromatic N) is 2. The summed E-state index contributed by atoms with van der Waals surface area (Å²) in [7, 11) is 0. The summed E-state index contributed by atoms with van der Waals surface area (Å²) >= 11 is 0. The summed E-state index contributed by atoms with van der Waals surface area (Å²) in [5.74, 6) is 0.139. The van der Waals surface area contributed by atoms with E-state index in [9.17, 15) is 4.79 Å². The first-order chi connectivity index (χ1) is 13.2. The van der Waals surface area contributed by atoms with Gasteiger partial charge in [0.05, 0.1) is 0 Å². The first kappa shape index (κ1) is 19.5. The molecular weight excluding hydrogens is 348 g/mol. The average molecular weight is 374 g/mol. The van der Waals surface area contributed by atoms with Crippen molar-refractivity contribution in [2.75, 3.05) is 10.6 Å². The summed E-state index contributed by atoms with van der Waals surface area (Å²) in [6.07, 6.45) is 0. The van der Waals surface area contributed by atoms with Crippen molar-refractivity contribution in [1.82, 2.24) is 9.97 Å². The SMILES string of the molecule is Cc1cccc(Nc2nc(C)cc(C(=O)Nc3ccc(C(C)(C)C)cc3)n2)c1. The minimum absolute atomic E-state index is 0.0721. The molecular formula is C23H26N4O. The monoisotopic (exact) mass is 374 g/mol. The number of nitrogens with one attached hydrogen (secondary N) is 2. The summed E-state index contributed by atoms with van der Waals surface area (Å²) < 4.78 is 0. The standard InChI is InChI=1S/C23H26N4O/c1-15-7-6-8-19(13-15)26-22-24-16(2)14-20(27-22)21(28)25-18-11-9-17(10-12-18)23(3,4)5/h6-14H,1-5H3,(H,25,28)(H,24,26,27). The number of amides is 1. The number of aryl methyl sites for hydroxylation is 2. The molecule has 5 nitrogen and oxygen atoms in total. The zero-order valence-electron chi connectivity index (χ0n) is 17.0. The molecule has 0 unspecified atom stereocenters. The number of hydrogen-bond acceptors (Lipinski definition) is 4. The second-order valence-electron chi connectivity index (χ2n) is 7.99. The van der Waals surface area contributed by atoms with Crippen LogP contribution in [0.3, 0.4) is 0 Å². The van der Waals surface area contributed by atoms with Crippen molar-refractivity contribution < 1.29 is 4.79 Å². The largest absolute Gasteiger partial charge is 0.324 e. The molecule has 0 aliphatic carbocycles. The van der Waals surface area contributed by atoms with Gasteiger partial charge in [-0.2, -0.15) is 0 Å². The molecule has 0 spiro atoms. The molecule has 0 aliphatic rings. The molecule has 28 heavy (non-hydrogen) atoms. The molecule has 0 saturated heterocycles. The van der Waals surface area contributed by atoms with Crippen molar-refractivity contribution >= 4 is 23.2 Å². The number of rotatable bonds is 4. The van der Waals surface area contributed by atoms with Crippen molar-refractivity contribution in [3.05, 3.63) is 77.1 Å². The fraction of sp³-hybridized carbons (Fsp3) is 0.261. The lowest BCUT2D eigenvalue weighted by Gasteiger charge is -2.19. The van der Waals surface area contributed by atoms with Crippen LogP contribution in [0.5, 0.6) is 0 Å². The first-order valence-corrected chi connectivity index (χ1v) is 9.32. The van der Waals surface area contributed by atoms with E-state index in [-0.39, 0.29) is 11.3 Å². The maximum absolute atomic E-state index is 12.7. The van der Waals surface area contributed by atoms with E-state index in [0.29, 0.717) is 11.6 Å². The zero-order chi connectivity index (χ0) is 20.3. The Balaban J connectivity index is 1.77. The van der Waals surface area contributed by atoms with Crippen LogP contribution in [0.15, 0.2) is 54.6 Å². The van der Waals surface area contributed by atoms with E-state index in [1.807, 2.05) is 62.4 Å². The summed E-state index contributed by atoms with van der Waals surface area (Å²) in [5, 5.41) is 6.07. The number of anilines is 3. The third-order valence-corrected chi connectivity index (χ3v) is 4.37. The van der Waals surface area contributed by atoms with Gasteiger partial charge in [-0.15, -0.1) is 0 Å².